The van der Waals surface area contributed by atoms with Crippen LogP contribution in [0.3, 0.4) is 0 Å². The fourth-order valence-electron chi connectivity index (χ4n) is 1.29. The van der Waals surface area contributed by atoms with Crippen molar-refractivity contribution >= 4 is 16.1 Å². The molecule has 0 aliphatic carbocycles. The van der Waals surface area contributed by atoms with Crippen molar-refractivity contribution in [3.05, 3.63) is 41.7 Å². The normalized spacial score (nSPS) is 12.1. The smallest absolute Gasteiger partial charge is 0.338 e. The summed E-state index contributed by atoms with van der Waals surface area (Å²) in [6, 6.07) is 6.23. The van der Waals surface area contributed by atoms with Crippen LogP contribution in [0.25, 0.3) is 0 Å². The quantitative estimate of drug-likeness (QED) is 0.359. The average Bonchev–Trinajstić information content (AvgIpc) is 2.39. The second-order valence-electron chi connectivity index (χ2n) is 3.85. The molecule has 0 radical (unpaired) electrons. The van der Waals surface area contributed by atoms with Gasteiger partial charge in [-0.05, 0) is 25.5 Å². The molecule has 5 nitrogen and oxygen atoms in total. The summed E-state index contributed by atoms with van der Waals surface area (Å²) in [6.07, 6.45) is 1.23. The molecular weight excluding hydrogens is 268 g/mol. The first kappa shape index (κ1) is 15.2. The van der Waals surface area contributed by atoms with Crippen molar-refractivity contribution < 1.29 is 22.1 Å². The lowest BCUT2D eigenvalue weighted by Gasteiger charge is -2.05. The number of carbonyl (C=O) groups excluding carboxylic acids is 1. The van der Waals surface area contributed by atoms with Gasteiger partial charge in [-0.1, -0.05) is 24.6 Å². The van der Waals surface area contributed by atoms with Crippen molar-refractivity contribution in [3.63, 3.8) is 0 Å². The maximum absolute atomic E-state index is 11.9. The van der Waals surface area contributed by atoms with E-state index in [9.17, 15) is 13.2 Å². The average molecular weight is 284 g/mol. The van der Waals surface area contributed by atoms with Gasteiger partial charge in [0.1, 0.15) is 11.2 Å². The van der Waals surface area contributed by atoms with Crippen molar-refractivity contribution in [2.45, 2.75) is 25.2 Å². The Balaban J connectivity index is 2.94. The fraction of sp³-hybridized carbons (Fsp3) is 0.308. The van der Waals surface area contributed by atoms with E-state index in [1.165, 1.54) is 19.2 Å². The van der Waals surface area contributed by atoms with E-state index in [4.69, 9.17) is 4.18 Å². The van der Waals surface area contributed by atoms with Crippen LogP contribution in [-0.4, -0.2) is 21.5 Å². The Bertz CT molecular complexity index is 570. The molecule has 0 bridgehead atoms. The third kappa shape index (κ3) is 4.10. The first-order chi connectivity index (χ1) is 8.90. The van der Waals surface area contributed by atoms with Gasteiger partial charge in [-0.25, -0.2) is 4.79 Å². The van der Waals surface area contributed by atoms with E-state index < -0.39 is 16.1 Å². The van der Waals surface area contributed by atoms with Crippen LogP contribution in [0.5, 0.6) is 0 Å². The molecule has 0 atom stereocenters. The van der Waals surface area contributed by atoms with Crippen LogP contribution in [0, 0.1) is 6.92 Å². The summed E-state index contributed by atoms with van der Waals surface area (Å²) < 4.78 is 33.0. The molecule has 6 heteroatoms. The monoisotopic (exact) mass is 284 g/mol. The maximum Gasteiger partial charge on any atom is 0.338 e. The van der Waals surface area contributed by atoms with Crippen molar-refractivity contribution in [1.82, 2.24) is 0 Å². The third-order valence-electron chi connectivity index (χ3n) is 2.46. The zero-order valence-electron chi connectivity index (χ0n) is 11.0. The molecule has 1 aromatic rings. The van der Waals surface area contributed by atoms with Crippen LogP contribution in [0.2, 0.25) is 0 Å². The number of aryl methyl sites for hydroxylation is 1. The molecule has 0 aromatic heterocycles. The van der Waals surface area contributed by atoms with Crippen LogP contribution in [0.1, 0.15) is 18.9 Å². The number of benzene rings is 1. The van der Waals surface area contributed by atoms with Gasteiger partial charge in [0.15, 0.2) is 0 Å². The highest BCUT2D eigenvalue weighted by Crippen LogP contribution is 2.15. The lowest BCUT2D eigenvalue weighted by atomic mass is 10.2. The molecule has 0 saturated carbocycles. The number of hydrogen-bond donors (Lipinski definition) is 0. The Labute approximate surface area is 113 Å². The second-order valence-corrected chi connectivity index (χ2v) is 5.42. The second kappa shape index (κ2) is 6.38. The van der Waals surface area contributed by atoms with Gasteiger partial charge < -0.3 is 8.92 Å². The Morgan fingerprint density at radius 3 is 2.32 bits per heavy atom. The Morgan fingerprint density at radius 1 is 1.26 bits per heavy atom. The topological polar surface area (TPSA) is 69.7 Å². The minimum Gasteiger partial charge on any atom is -0.466 e. The van der Waals surface area contributed by atoms with Crippen LogP contribution in [0.4, 0.5) is 0 Å². The lowest BCUT2D eigenvalue weighted by molar-refractivity contribution is -0.136. The van der Waals surface area contributed by atoms with E-state index >= 15 is 0 Å². The molecule has 0 spiro atoms. The van der Waals surface area contributed by atoms with Crippen molar-refractivity contribution in [1.29, 1.82) is 0 Å². The molecule has 0 heterocycles. The minimum atomic E-state index is -3.91. The predicted molar refractivity (Wildman–Crippen MR) is 69.8 cm³/mol. The number of esters is 1. The van der Waals surface area contributed by atoms with Gasteiger partial charge in [-0.3, -0.25) is 0 Å². The molecule has 0 N–H and O–H groups in total. The van der Waals surface area contributed by atoms with Gasteiger partial charge in [-0.15, -0.1) is 0 Å². The molecule has 104 valence electrons. The van der Waals surface area contributed by atoms with E-state index in [2.05, 4.69) is 4.74 Å². The number of rotatable bonds is 5. The van der Waals surface area contributed by atoms with E-state index in [0.717, 1.165) is 11.8 Å². The summed E-state index contributed by atoms with van der Waals surface area (Å²) in [5.41, 5.74) is 1.09. The molecule has 1 aromatic carbocycles. The van der Waals surface area contributed by atoms with Crippen LogP contribution >= 0.6 is 0 Å². The molecule has 0 saturated heterocycles. The highest BCUT2D eigenvalue weighted by atomic mass is 32.2. The molecule has 0 fully saturated rings. The SMILES string of the molecule is CCC(=COS(=O)(=O)c1ccc(C)cc1)C(=O)OC. The molecule has 0 aliphatic heterocycles. The minimum absolute atomic E-state index is 0.0367. The summed E-state index contributed by atoms with van der Waals surface area (Å²) in [7, 11) is -2.69. The standard InChI is InChI=1S/C13H16O5S/c1-4-11(13(14)17-3)9-18-19(15,16)12-7-5-10(2)6-8-12/h5-9H,4H2,1-3H3. The number of hydrogen-bond acceptors (Lipinski definition) is 5. The van der Waals surface area contributed by atoms with Gasteiger partial charge in [0.05, 0.1) is 12.7 Å². The summed E-state index contributed by atoms with van der Waals surface area (Å²) in [4.78, 5) is 11.3. The van der Waals surface area contributed by atoms with Gasteiger partial charge >= 0.3 is 16.1 Å². The summed E-state index contributed by atoms with van der Waals surface area (Å²) >= 11 is 0. The first-order valence-electron chi connectivity index (χ1n) is 5.68. The molecular formula is C13H16O5S. The molecule has 0 unspecified atom stereocenters. The van der Waals surface area contributed by atoms with Crippen molar-refractivity contribution in [2.24, 2.45) is 0 Å². The van der Waals surface area contributed by atoms with Crippen molar-refractivity contribution in [2.75, 3.05) is 7.11 Å². The van der Waals surface area contributed by atoms with Crippen molar-refractivity contribution in [3.8, 4) is 0 Å². The van der Waals surface area contributed by atoms with Gasteiger partial charge in [0.25, 0.3) is 0 Å². The fourth-order valence-corrected chi connectivity index (χ4v) is 2.11. The zero-order valence-corrected chi connectivity index (χ0v) is 11.9. The first-order valence-corrected chi connectivity index (χ1v) is 7.09. The predicted octanol–water partition coefficient (Wildman–Crippen LogP) is 2.17. The number of ether oxygens (including phenoxy) is 1. The molecule has 19 heavy (non-hydrogen) atoms. The maximum atomic E-state index is 11.9. The lowest BCUT2D eigenvalue weighted by Crippen LogP contribution is -2.07. The molecule has 1 rings (SSSR count). The van der Waals surface area contributed by atoms with Crippen LogP contribution < -0.4 is 0 Å². The Kier molecular flexibility index (Phi) is 5.11. The van der Waals surface area contributed by atoms with E-state index in [-0.39, 0.29) is 10.5 Å². The van der Waals surface area contributed by atoms with E-state index in [0.29, 0.717) is 6.42 Å². The Hall–Kier alpha value is -1.82. The Morgan fingerprint density at radius 2 is 1.84 bits per heavy atom. The van der Waals surface area contributed by atoms with E-state index in [1.807, 2.05) is 6.92 Å². The van der Waals surface area contributed by atoms with Gasteiger partial charge in [0, 0.05) is 0 Å². The number of carbonyl (C=O) groups is 1. The van der Waals surface area contributed by atoms with E-state index in [1.54, 1.807) is 19.1 Å². The molecule has 0 amide bonds. The third-order valence-corrected chi connectivity index (χ3v) is 3.65. The highest BCUT2D eigenvalue weighted by Gasteiger charge is 2.16. The van der Waals surface area contributed by atoms with Crippen LogP contribution in [0.15, 0.2) is 41.0 Å². The zero-order chi connectivity index (χ0) is 14.5. The van der Waals surface area contributed by atoms with Gasteiger partial charge in [-0.2, -0.15) is 8.42 Å². The summed E-state index contributed by atoms with van der Waals surface area (Å²) in [6.45, 7) is 3.55. The molecule has 0 aliphatic rings. The summed E-state index contributed by atoms with van der Waals surface area (Å²) in [5, 5.41) is 0. The highest BCUT2D eigenvalue weighted by molar-refractivity contribution is 7.86. The largest absolute Gasteiger partial charge is 0.466 e. The van der Waals surface area contributed by atoms with Crippen LogP contribution in [-0.2, 0) is 23.8 Å². The number of methoxy groups -OCH3 is 1. The summed E-state index contributed by atoms with van der Waals surface area (Å²) in [5.74, 6) is -0.610. The van der Waals surface area contributed by atoms with Gasteiger partial charge in [0.2, 0.25) is 0 Å².